The van der Waals surface area contributed by atoms with Crippen LogP contribution < -0.4 is 0 Å². The van der Waals surface area contributed by atoms with Crippen molar-refractivity contribution in [1.29, 1.82) is 0 Å². The van der Waals surface area contributed by atoms with E-state index in [0.29, 0.717) is 11.3 Å². The van der Waals surface area contributed by atoms with Crippen LogP contribution in [0.2, 0.25) is 0 Å². The number of carbonyl (C=O) groups is 2. The van der Waals surface area contributed by atoms with E-state index in [4.69, 9.17) is 0 Å². The van der Waals surface area contributed by atoms with Gasteiger partial charge >= 0.3 is 0 Å². The molecule has 0 radical (unpaired) electrons. The monoisotopic (exact) mass is 298 g/mol. The zero-order chi connectivity index (χ0) is 15.9. The van der Waals surface area contributed by atoms with Gasteiger partial charge < -0.3 is 4.90 Å². The van der Waals surface area contributed by atoms with Crippen LogP contribution in [0.3, 0.4) is 0 Å². The predicted molar refractivity (Wildman–Crippen MR) is 86.0 cm³/mol. The lowest BCUT2D eigenvalue weighted by molar-refractivity contribution is -0.136. The number of likely N-dealkylation sites (tertiary alicyclic amines) is 1. The fourth-order valence-corrected chi connectivity index (χ4v) is 3.20. The average Bonchev–Trinajstić information content (AvgIpc) is 2.75. The number of benzene rings is 1. The highest BCUT2D eigenvalue weighted by Gasteiger charge is 2.39. The van der Waals surface area contributed by atoms with Gasteiger partial charge in [-0.1, -0.05) is 18.2 Å². The van der Waals surface area contributed by atoms with Crippen molar-refractivity contribution in [2.24, 2.45) is 0 Å². The first-order valence-electron chi connectivity index (χ1n) is 7.90. The van der Waals surface area contributed by atoms with Gasteiger partial charge in [-0.15, -0.1) is 0 Å². The van der Waals surface area contributed by atoms with Gasteiger partial charge in [-0.3, -0.25) is 14.5 Å². The van der Waals surface area contributed by atoms with Crippen LogP contribution in [0.4, 0.5) is 0 Å². The molecule has 0 aliphatic carbocycles. The van der Waals surface area contributed by atoms with Crippen LogP contribution >= 0.6 is 0 Å². The summed E-state index contributed by atoms with van der Waals surface area (Å²) in [6.07, 6.45) is 3.35. The molecule has 0 unspecified atom stereocenters. The summed E-state index contributed by atoms with van der Waals surface area (Å²) in [4.78, 5) is 28.5. The minimum Gasteiger partial charge on any atom is -0.366 e. The highest BCUT2D eigenvalue weighted by molar-refractivity contribution is 6.35. The van der Waals surface area contributed by atoms with Gasteiger partial charge in [0.2, 0.25) is 0 Å². The second-order valence-electron chi connectivity index (χ2n) is 6.24. The second kappa shape index (κ2) is 5.59. The molecule has 2 amide bonds. The number of aryl methyl sites for hydroxylation is 2. The van der Waals surface area contributed by atoms with Crippen LogP contribution in [-0.2, 0) is 9.59 Å². The van der Waals surface area contributed by atoms with E-state index in [1.807, 2.05) is 32.0 Å². The lowest BCUT2D eigenvalue weighted by Crippen LogP contribution is -2.35. The van der Waals surface area contributed by atoms with Gasteiger partial charge in [0, 0.05) is 20.1 Å². The molecule has 2 aliphatic heterocycles. The first-order chi connectivity index (χ1) is 10.5. The van der Waals surface area contributed by atoms with Crippen LogP contribution in [0.5, 0.6) is 0 Å². The Bertz CT molecular complexity index is 670. The Balaban J connectivity index is 2.12. The van der Waals surface area contributed by atoms with Crippen LogP contribution in [0.15, 0.2) is 23.9 Å². The van der Waals surface area contributed by atoms with Gasteiger partial charge in [0.15, 0.2) is 0 Å². The largest absolute Gasteiger partial charge is 0.366 e. The zero-order valence-corrected chi connectivity index (χ0v) is 13.5. The van der Waals surface area contributed by atoms with Gasteiger partial charge in [-0.2, -0.15) is 0 Å². The van der Waals surface area contributed by atoms with Gasteiger partial charge in [0.25, 0.3) is 11.8 Å². The van der Waals surface area contributed by atoms with E-state index in [-0.39, 0.29) is 11.8 Å². The molecule has 2 aliphatic rings. The average molecular weight is 298 g/mol. The van der Waals surface area contributed by atoms with Crippen molar-refractivity contribution >= 4 is 17.4 Å². The lowest BCUT2D eigenvalue weighted by Gasteiger charge is -2.29. The van der Waals surface area contributed by atoms with E-state index >= 15 is 0 Å². The van der Waals surface area contributed by atoms with E-state index < -0.39 is 0 Å². The summed E-state index contributed by atoms with van der Waals surface area (Å²) in [7, 11) is 1.57. The minimum atomic E-state index is -0.186. The summed E-state index contributed by atoms with van der Waals surface area (Å²) in [5, 5.41) is 0. The summed E-state index contributed by atoms with van der Waals surface area (Å²) in [5.74, 6) is -0.353. The van der Waals surface area contributed by atoms with Gasteiger partial charge in [0.1, 0.15) is 5.70 Å². The molecule has 4 heteroatoms. The molecule has 2 heterocycles. The molecule has 3 rings (SSSR count). The second-order valence-corrected chi connectivity index (χ2v) is 6.24. The SMILES string of the molecule is Cc1ccc(C2=C(N3CCCCC3)C(=O)N(C)C2=O)cc1C. The van der Waals surface area contributed by atoms with Crippen molar-refractivity contribution in [2.75, 3.05) is 20.1 Å². The molecule has 1 saturated heterocycles. The molecule has 1 fully saturated rings. The quantitative estimate of drug-likeness (QED) is 0.788. The molecule has 0 atom stereocenters. The van der Waals surface area contributed by atoms with Crippen molar-refractivity contribution in [3.8, 4) is 0 Å². The van der Waals surface area contributed by atoms with E-state index in [9.17, 15) is 9.59 Å². The van der Waals surface area contributed by atoms with Crippen LogP contribution in [-0.4, -0.2) is 41.8 Å². The fraction of sp³-hybridized carbons (Fsp3) is 0.444. The van der Waals surface area contributed by atoms with E-state index in [2.05, 4.69) is 4.90 Å². The number of nitrogens with zero attached hydrogens (tertiary/aromatic N) is 2. The predicted octanol–water partition coefficient (Wildman–Crippen LogP) is 2.50. The zero-order valence-electron chi connectivity index (χ0n) is 13.5. The molecular formula is C18H22N2O2. The highest BCUT2D eigenvalue weighted by atomic mass is 16.2. The van der Waals surface area contributed by atoms with Crippen molar-refractivity contribution in [2.45, 2.75) is 33.1 Å². The van der Waals surface area contributed by atoms with Crippen molar-refractivity contribution in [3.05, 3.63) is 40.6 Å². The maximum atomic E-state index is 12.6. The Kier molecular flexibility index (Phi) is 3.77. The summed E-state index contributed by atoms with van der Waals surface area (Å²) in [6.45, 7) is 5.80. The van der Waals surface area contributed by atoms with Crippen LogP contribution in [0.25, 0.3) is 5.57 Å². The molecule has 0 N–H and O–H groups in total. The maximum Gasteiger partial charge on any atom is 0.277 e. The molecule has 1 aromatic rings. The number of rotatable bonds is 2. The molecule has 0 bridgehead atoms. The van der Waals surface area contributed by atoms with Crippen LogP contribution in [0.1, 0.15) is 36.0 Å². The Morgan fingerprint density at radius 2 is 1.59 bits per heavy atom. The van der Waals surface area contributed by atoms with Gasteiger partial charge in [-0.25, -0.2) is 0 Å². The first kappa shape index (κ1) is 14.8. The Hall–Kier alpha value is -2.10. The third-order valence-corrected chi connectivity index (χ3v) is 4.73. The van der Waals surface area contributed by atoms with E-state index in [0.717, 1.165) is 37.1 Å². The minimum absolute atomic E-state index is 0.167. The number of hydrogen-bond acceptors (Lipinski definition) is 3. The molecular weight excluding hydrogens is 276 g/mol. The fourth-order valence-electron chi connectivity index (χ4n) is 3.20. The molecule has 0 aromatic heterocycles. The molecule has 0 spiro atoms. The molecule has 1 aromatic carbocycles. The maximum absolute atomic E-state index is 12.6. The molecule has 0 saturated carbocycles. The normalized spacial score (nSPS) is 19.4. The third-order valence-electron chi connectivity index (χ3n) is 4.73. The number of hydrogen-bond donors (Lipinski definition) is 0. The lowest BCUT2D eigenvalue weighted by atomic mass is 9.98. The summed E-state index contributed by atoms with van der Waals surface area (Å²) in [5.41, 5.74) is 4.34. The summed E-state index contributed by atoms with van der Waals surface area (Å²) >= 11 is 0. The smallest absolute Gasteiger partial charge is 0.277 e. The highest BCUT2D eigenvalue weighted by Crippen LogP contribution is 2.32. The van der Waals surface area contributed by atoms with Crippen molar-refractivity contribution in [1.82, 2.24) is 9.80 Å². The molecule has 4 nitrogen and oxygen atoms in total. The topological polar surface area (TPSA) is 40.6 Å². The number of piperidine rings is 1. The third kappa shape index (κ3) is 2.32. The number of likely N-dealkylation sites (N-methyl/N-ethyl adjacent to an activating group) is 1. The Labute approximate surface area is 131 Å². The Morgan fingerprint density at radius 1 is 0.909 bits per heavy atom. The van der Waals surface area contributed by atoms with Gasteiger partial charge in [-0.05, 0) is 49.8 Å². The number of imide groups is 1. The standard InChI is InChI=1S/C18H22N2O2/c1-12-7-8-14(11-13(12)2)15-16(18(22)19(3)17(15)21)20-9-5-4-6-10-20/h7-8,11H,4-6,9-10H2,1-3H3. The first-order valence-corrected chi connectivity index (χ1v) is 7.90. The van der Waals surface area contributed by atoms with Crippen molar-refractivity contribution in [3.63, 3.8) is 0 Å². The van der Waals surface area contributed by atoms with Crippen LogP contribution in [0, 0.1) is 13.8 Å². The summed E-state index contributed by atoms with van der Waals surface area (Å²) in [6, 6.07) is 5.98. The molecule has 116 valence electrons. The van der Waals surface area contributed by atoms with Gasteiger partial charge in [0.05, 0.1) is 5.57 Å². The number of amides is 2. The number of carbonyl (C=O) groups excluding carboxylic acids is 2. The van der Waals surface area contributed by atoms with E-state index in [1.54, 1.807) is 7.05 Å². The van der Waals surface area contributed by atoms with E-state index in [1.165, 1.54) is 16.9 Å². The Morgan fingerprint density at radius 3 is 2.23 bits per heavy atom. The van der Waals surface area contributed by atoms with Crippen molar-refractivity contribution < 1.29 is 9.59 Å². The molecule has 22 heavy (non-hydrogen) atoms. The summed E-state index contributed by atoms with van der Waals surface area (Å²) < 4.78 is 0.